The van der Waals surface area contributed by atoms with E-state index >= 15 is 0 Å². The standard InChI is InChI=1S/C10H9/c1-3-5-10-7-4-6-9(2)8-10/h4,6-8H,5H2,2H3. The summed E-state index contributed by atoms with van der Waals surface area (Å²) in [4.78, 5) is 0. The normalized spacial score (nSPS) is 8.80. The van der Waals surface area contributed by atoms with E-state index in [0.29, 0.717) is 6.42 Å². The van der Waals surface area contributed by atoms with Crippen LogP contribution in [0.25, 0.3) is 0 Å². The third kappa shape index (κ3) is 1.63. The van der Waals surface area contributed by atoms with E-state index in [1.54, 1.807) is 0 Å². The number of hydrogen-bond acceptors (Lipinski definition) is 0. The first-order valence-corrected chi connectivity index (χ1v) is 3.28. The first kappa shape index (κ1) is 6.89. The summed E-state index contributed by atoms with van der Waals surface area (Å²) in [5.41, 5.74) is 2.41. The van der Waals surface area contributed by atoms with E-state index in [-0.39, 0.29) is 0 Å². The van der Waals surface area contributed by atoms with Gasteiger partial charge >= 0.3 is 0 Å². The minimum Gasteiger partial charge on any atom is -0.0843 e. The highest BCUT2D eigenvalue weighted by atomic mass is 13.9. The van der Waals surface area contributed by atoms with Crippen molar-refractivity contribution in [3.63, 3.8) is 0 Å². The topological polar surface area (TPSA) is 0 Å². The van der Waals surface area contributed by atoms with Gasteiger partial charge in [-0.2, -0.15) is 0 Å². The molecule has 0 saturated heterocycles. The van der Waals surface area contributed by atoms with E-state index in [4.69, 9.17) is 6.42 Å². The van der Waals surface area contributed by atoms with Crippen molar-refractivity contribution in [1.29, 1.82) is 0 Å². The molecule has 0 spiro atoms. The minimum absolute atomic E-state index is 0.627. The van der Waals surface area contributed by atoms with Gasteiger partial charge < -0.3 is 0 Å². The van der Waals surface area contributed by atoms with Gasteiger partial charge in [0.05, 0.1) is 0 Å². The predicted molar refractivity (Wildman–Crippen MR) is 42.0 cm³/mol. The van der Waals surface area contributed by atoms with Gasteiger partial charge in [-0.25, -0.2) is 0 Å². The van der Waals surface area contributed by atoms with Gasteiger partial charge in [-0.15, -0.1) is 0 Å². The molecule has 0 saturated carbocycles. The Morgan fingerprint density at radius 3 is 2.90 bits per heavy atom. The Morgan fingerprint density at radius 2 is 2.30 bits per heavy atom. The zero-order valence-corrected chi connectivity index (χ0v) is 6.02. The molecule has 1 rings (SSSR count). The van der Waals surface area contributed by atoms with E-state index in [9.17, 15) is 0 Å². The molecule has 0 aliphatic rings. The fraction of sp³-hybridized carbons (Fsp3) is 0.200. The first-order chi connectivity index (χ1) is 4.83. The van der Waals surface area contributed by atoms with Crippen molar-refractivity contribution in [2.75, 3.05) is 0 Å². The molecule has 0 atom stereocenters. The molecule has 1 aromatic carbocycles. The lowest BCUT2D eigenvalue weighted by Crippen LogP contribution is -1.80. The molecular weight excluding hydrogens is 120 g/mol. The van der Waals surface area contributed by atoms with Crippen molar-refractivity contribution >= 4 is 0 Å². The lowest BCUT2D eigenvalue weighted by Gasteiger charge is -1.94. The maximum Gasteiger partial charge on any atom is 0.0350 e. The van der Waals surface area contributed by atoms with Crippen LogP contribution in [0.4, 0.5) is 0 Å². The Bertz CT molecular complexity index is 253. The Morgan fingerprint density at radius 1 is 1.50 bits per heavy atom. The monoisotopic (exact) mass is 129 g/mol. The van der Waals surface area contributed by atoms with Crippen LogP contribution in [-0.2, 0) is 6.42 Å². The minimum atomic E-state index is 0.627. The quantitative estimate of drug-likeness (QED) is 0.509. The summed E-state index contributed by atoms with van der Waals surface area (Å²) in [6.45, 7) is 2.05. The molecule has 49 valence electrons. The largest absolute Gasteiger partial charge is 0.0843 e. The van der Waals surface area contributed by atoms with Gasteiger partial charge in [0.25, 0.3) is 0 Å². The number of rotatable bonds is 1. The summed E-state index contributed by atoms with van der Waals surface area (Å²) in [6, 6.07) is 8.13. The van der Waals surface area contributed by atoms with Crippen LogP contribution < -0.4 is 0 Å². The zero-order chi connectivity index (χ0) is 7.40. The molecule has 0 unspecified atom stereocenters. The molecule has 0 fully saturated rings. The second kappa shape index (κ2) is 3.08. The van der Waals surface area contributed by atoms with Crippen LogP contribution >= 0.6 is 0 Å². The van der Waals surface area contributed by atoms with E-state index < -0.39 is 0 Å². The van der Waals surface area contributed by atoms with Gasteiger partial charge in [0.1, 0.15) is 0 Å². The van der Waals surface area contributed by atoms with Crippen LogP contribution in [0.5, 0.6) is 0 Å². The maximum atomic E-state index is 6.76. The third-order valence-electron chi connectivity index (χ3n) is 1.37. The third-order valence-corrected chi connectivity index (χ3v) is 1.37. The molecule has 0 nitrogen and oxygen atoms in total. The van der Waals surface area contributed by atoms with Crippen molar-refractivity contribution in [3.8, 4) is 5.92 Å². The van der Waals surface area contributed by atoms with Crippen molar-refractivity contribution in [2.45, 2.75) is 13.3 Å². The average Bonchev–Trinajstić information content (AvgIpc) is 1.88. The molecule has 0 aliphatic carbocycles. The maximum absolute atomic E-state index is 6.76. The van der Waals surface area contributed by atoms with E-state index in [0.717, 1.165) is 5.56 Å². The number of hydrogen-bond donors (Lipinski definition) is 0. The van der Waals surface area contributed by atoms with Gasteiger partial charge in [0.15, 0.2) is 0 Å². The van der Waals surface area contributed by atoms with Gasteiger partial charge in [0.2, 0.25) is 0 Å². The molecule has 0 amide bonds. The highest BCUT2D eigenvalue weighted by molar-refractivity contribution is 5.24. The summed E-state index contributed by atoms with van der Waals surface area (Å²) < 4.78 is 0. The molecule has 0 aliphatic heterocycles. The van der Waals surface area contributed by atoms with Crippen LogP contribution in [0.3, 0.4) is 0 Å². The molecule has 1 aromatic rings. The van der Waals surface area contributed by atoms with Crippen molar-refractivity contribution in [1.82, 2.24) is 0 Å². The lowest BCUT2D eigenvalue weighted by atomic mass is 10.1. The van der Waals surface area contributed by atoms with E-state index in [1.165, 1.54) is 5.56 Å². The van der Waals surface area contributed by atoms with Crippen LogP contribution in [-0.4, -0.2) is 0 Å². The van der Waals surface area contributed by atoms with Gasteiger partial charge in [0, 0.05) is 6.42 Å². The molecule has 0 N–H and O–H groups in total. The van der Waals surface area contributed by atoms with Crippen LogP contribution in [0.2, 0.25) is 0 Å². The fourth-order valence-corrected chi connectivity index (χ4v) is 0.924. The van der Waals surface area contributed by atoms with Crippen LogP contribution in [0.1, 0.15) is 11.1 Å². The SMILES string of the molecule is [C]#CCc1cccc(C)c1. The molecule has 0 heteroatoms. The fourth-order valence-electron chi connectivity index (χ4n) is 0.924. The Hall–Kier alpha value is -1.22. The van der Waals surface area contributed by atoms with Crippen molar-refractivity contribution in [3.05, 3.63) is 41.8 Å². The molecule has 1 radical (unpaired) electrons. The number of aryl methyl sites for hydroxylation is 1. The Balaban J connectivity index is 2.87. The van der Waals surface area contributed by atoms with Gasteiger partial charge in [-0.1, -0.05) is 35.7 Å². The predicted octanol–water partition coefficient (Wildman–Crippen LogP) is 2.13. The zero-order valence-electron chi connectivity index (χ0n) is 6.02. The summed E-state index contributed by atoms with van der Waals surface area (Å²) in [6.07, 6.45) is 7.39. The smallest absolute Gasteiger partial charge is 0.0350 e. The molecule has 0 bridgehead atoms. The Labute approximate surface area is 61.9 Å². The second-order valence-electron chi connectivity index (χ2n) is 2.34. The Kier molecular flexibility index (Phi) is 2.12. The molecule has 0 heterocycles. The van der Waals surface area contributed by atoms with E-state index in [1.807, 2.05) is 25.1 Å². The van der Waals surface area contributed by atoms with Crippen molar-refractivity contribution in [2.24, 2.45) is 0 Å². The molecule has 10 heavy (non-hydrogen) atoms. The van der Waals surface area contributed by atoms with Gasteiger partial charge in [-0.3, -0.25) is 0 Å². The van der Waals surface area contributed by atoms with E-state index in [2.05, 4.69) is 12.0 Å². The molecule has 0 aromatic heterocycles. The summed E-state index contributed by atoms with van der Waals surface area (Å²) >= 11 is 0. The van der Waals surface area contributed by atoms with Crippen LogP contribution in [0.15, 0.2) is 24.3 Å². The molecular formula is C10H9. The first-order valence-electron chi connectivity index (χ1n) is 3.28. The second-order valence-corrected chi connectivity index (χ2v) is 2.34. The van der Waals surface area contributed by atoms with Gasteiger partial charge in [-0.05, 0) is 18.9 Å². The summed E-state index contributed by atoms with van der Waals surface area (Å²) in [5, 5.41) is 0. The average molecular weight is 129 g/mol. The highest BCUT2D eigenvalue weighted by Gasteiger charge is 1.87. The number of benzene rings is 1. The summed E-state index contributed by atoms with van der Waals surface area (Å²) in [5.74, 6) is 2.36. The van der Waals surface area contributed by atoms with Crippen molar-refractivity contribution < 1.29 is 0 Å². The lowest BCUT2D eigenvalue weighted by molar-refractivity contribution is 1.29. The van der Waals surface area contributed by atoms with Crippen LogP contribution in [0, 0.1) is 19.3 Å². The highest BCUT2D eigenvalue weighted by Crippen LogP contribution is 2.03. The summed E-state index contributed by atoms with van der Waals surface area (Å²) in [7, 11) is 0.